The summed E-state index contributed by atoms with van der Waals surface area (Å²) in [7, 11) is 0. The lowest BCUT2D eigenvalue weighted by Gasteiger charge is -2.41. The van der Waals surface area contributed by atoms with Gasteiger partial charge in [-0.15, -0.1) is 0 Å². The zero-order chi connectivity index (χ0) is 12.8. The Morgan fingerprint density at radius 3 is 2.33 bits per heavy atom. The minimum Gasteiger partial charge on any atom is -0.392 e. The van der Waals surface area contributed by atoms with Gasteiger partial charge in [0.15, 0.2) is 0 Å². The van der Waals surface area contributed by atoms with Crippen LogP contribution in [0.3, 0.4) is 0 Å². The molecule has 3 fully saturated rings. The number of hydrogen-bond acceptors (Lipinski definition) is 1. The van der Waals surface area contributed by atoms with Gasteiger partial charge in [-0.25, -0.2) is 0 Å². The van der Waals surface area contributed by atoms with Crippen molar-refractivity contribution in [1.29, 1.82) is 0 Å². The van der Waals surface area contributed by atoms with Crippen molar-refractivity contribution in [3.05, 3.63) is 0 Å². The molecule has 1 N–H and O–H groups in total. The van der Waals surface area contributed by atoms with Crippen molar-refractivity contribution < 1.29 is 5.11 Å². The smallest absolute Gasteiger partial charge is 0.0627 e. The van der Waals surface area contributed by atoms with Gasteiger partial charge in [0.2, 0.25) is 0 Å². The summed E-state index contributed by atoms with van der Waals surface area (Å²) in [5.74, 6) is 3.22. The Bertz CT molecular complexity index is 290. The highest BCUT2D eigenvalue weighted by molar-refractivity contribution is 5.01. The quantitative estimate of drug-likeness (QED) is 0.784. The van der Waals surface area contributed by atoms with Crippen LogP contribution in [0.1, 0.15) is 71.6 Å². The normalized spacial score (nSPS) is 39.7. The van der Waals surface area contributed by atoms with Gasteiger partial charge in [-0.05, 0) is 67.6 Å². The molecule has 4 atom stereocenters. The fourth-order valence-electron chi connectivity index (χ4n) is 5.65. The van der Waals surface area contributed by atoms with Gasteiger partial charge in [0.05, 0.1) is 6.10 Å². The number of aliphatic hydroxyl groups is 1. The standard InChI is InChI=1S/C17H30O/c1-12(2)11-17(7-3-4-8-17)16(18)15-10-13-5-6-14(15)9-13/h12-16,18H,3-11H2,1-2H3. The zero-order valence-electron chi connectivity index (χ0n) is 12.2. The van der Waals surface area contributed by atoms with Gasteiger partial charge < -0.3 is 5.11 Å². The monoisotopic (exact) mass is 250 g/mol. The van der Waals surface area contributed by atoms with Crippen LogP contribution in [-0.4, -0.2) is 11.2 Å². The Hall–Kier alpha value is -0.0400. The SMILES string of the molecule is CC(C)CC1(C(O)C2CC3CCC2C3)CCCC1. The van der Waals surface area contributed by atoms with E-state index in [0.717, 1.165) is 17.8 Å². The van der Waals surface area contributed by atoms with Crippen molar-refractivity contribution in [2.75, 3.05) is 0 Å². The fraction of sp³-hybridized carbons (Fsp3) is 1.00. The Morgan fingerprint density at radius 2 is 1.83 bits per heavy atom. The van der Waals surface area contributed by atoms with Crippen LogP contribution in [-0.2, 0) is 0 Å². The van der Waals surface area contributed by atoms with E-state index < -0.39 is 0 Å². The van der Waals surface area contributed by atoms with Crippen LogP contribution < -0.4 is 0 Å². The van der Waals surface area contributed by atoms with Crippen molar-refractivity contribution in [2.45, 2.75) is 77.7 Å². The molecule has 18 heavy (non-hydrogen) atoms. The maximum Gasteiger partial charge on any atom is 0.0627 e. The first-order valence-corrected chi connectivity index (χ1v) is 8.29. The maximum atomic E-state index is 11.1. The topological polar surface area (TPSA) is 20.2 Å². The third-order valence-corrected chi connectivity index (χ3v) is 6.24. The van der Waals surface area contributed by atoms with Crippen molar-refractivity contribution >= 4 is 0 Å². The van der Waals surface area contributed by atoms with Crippen LogP contribution >= 0.6 is 0 Å². The third kappa shape index (κ3) is 2.13. The predicted molar refractivity (Wildman–Crippen MR) is 75.3 cm³/mol. The molecule has 3 rings (SSSR count). The van der Waals surface area contributed by atoms with Crippen LogP contribution in [0.5, 0.6) is 0 Å². The molecule has 3 saturated carbocycles. The van der Waals surface area contributed by atoms with E-state index in [0.29, 0.717) is 11.3 Å². The van der Waals surface area contributed by atoms with Crippen molar-refractivity contribution in [3.63, 3.8) is 0 Å². The van der Waals surface area contributed by atoms with E-state index in [4.69, 9.17) is 0 Å². The van der Waals surface area contributed by atoms with E-state index in [2.05, 4.69) is 13.8 Å². The van der Waals surface area contributed by atoms with Crippen LogP contribution in [0.25, 0.3) is 0 Å². The molecule has 0 aliphatic heterocycles. The molecule has 1 heteroatoms. The molecule has 0 saturated heterocycles. The summed E-state index contributed by atoms with van der Waals surface area (Å²) in [6, 6.07) is 0. The summed E-state index contributed by atoms with van der Waals surface area (Å²) in [6.07, 6.45) is 12.2. The number of hydrogen-bond donors (Lipinski definition) is 1. The molecule has 0 heterocycles. The first-order chi connectivity index (χ1) is 8.61. The van der Waals surface area contributed by atoms with E-state index >= 15 is 0 Å². The van der Waals surface area contributed by atoms with E-state index in [9.17, 15) is 5.11 Å². The molecule has 0 spiro atoms. The van der Waals surface area contributed by atoms with Crippen LogP contribution in [0.2, 0.25) is 0 Å². The molecule has 0 amide bonds. The second-order valence-corrected chi connectivity index (χ2v) is 7.95. The molecule has 104 valence electrons. The van der Waals surface area contributed by atoms with Gasteiger partial charge in [0, 0.05) is 0 Å². The molecule has 0 radical (unpaired) electrons. The van der Waals surface area contributed by atoms with E-state index in [-0.39, 0.29) is 6.10 Å². The molecule has 3 aliphatic rings. The largest absolute Gasteiger partial charge is 0.392 e. The zero-order valence-corrected chi connectivity index (χ0v) is 12.2. The summed E-state index contributed by atoms with van der Waals surface area (Å²) in [4.78, 5) is 0. The highest BCUT2D eigenvalue weighted by Gasteiger charge is 2.50. The van der Waals surface area contributed by atoms with Crippen LogP contribution in [0.15, 0.2) is 0 Å². The Labute approximate surface area is 112 Å². The van der Waals surface area contributed by atoms with E-state index in [1.807, 2.05) is 0 Å². The Morgan fingerprint density at radius 1 is 1.11 bits per heavy atom. The van der Waals surface area contributed by atoms with Gasteiger partial charge in [-0.1, -0.05) is 33.1 Å². The molecule has 0 aromatic carbocycles. The molecular weight excluding hydrogens is 220 g/mol. The average molecular weight is 250 g/mol. The van der Waals surface area contributed by atoms with Gasteiger partial charge >= 0.3 is 0 Å². The Balaban J connectivity index is 1.74. The van der Waals surface area contributed by atoms with E-state index in [1.54, 1.807) is 0 Å². The number of aliphatic hydroxyl groups excluding tert-OH is 1. The van der Waals surface area contributed by atoms with Crippen molar-refractivity contribution in [3.8, 4) is 0 Å². The average Bonchev–Trinajstić information content (AvgIpc) is 3.02. The summed E-state index contributed by atoms with van der Waals surface area (Å²) in [5.41, 5.74) is 0.295. The van der Waals surface area contributed by atoms with Crippen LogP contribution in [0, 0.1) is 29.1 Å². The maximum absolute atomic E-state index is 11.1. The highest BCUT2D eigenvalue weighted by atomic mass is 16.3. The first kappa shape index (κ1) is 13.0. The lowest BCUT2D eigenvalue weighted by atomic mass is 9.67. The minimum absolute atomic E-state index is 0.0118. The summed E-state index contributed by atoms with van der Waals surface area (Å²) < 4.78 is 0. The minimum atomic E-state index is 0.0118. The predicted octanol–water partition coefficient (Wildman–Crippen LogP) is 4.39. The van der Waals surface area contributed by atoms with Gasteiger partial charge in [-0.2, -0.15) is 0 Å². The van der Waals surface area contributed by atoms with Crippen molar-refractivity contribution in [2.24, 2.45) is 29.1 Å². The summed E-state index contributed by atoms with van der Waals surface area (Å²) in [6.45, 7) is 4.65. The summed E-state index contributed by atoms with van der Waals surface area (Å²) in [5, 5.41) is 11.1. The molecule has 4 unspecified atom stereocenters. The molecule has 1 nitrogen and oxygen atoms in total. The van der Waals surface area contributed by atoms with Crippen LogP contribution in [0.4, 0.5) is 0 Å². The second-order valence-electron chi connectivity index (χ2n) is 7.95. The van der Waals surface area contributed by atoms with Crippen molar-refractivity contribution in [1.82, 2.24) is 0 Å². The molecule has 3 aliphatic carbocycles. The highest BCUT2D eigenvalue weighted by Crippen LogP contribution is 2.56. The second kappa shape index (κ2) is 4.81. The lowest BCUT2D eigenvalue weighted by Crippen LogP contribution is -2.41. The number of rotatable bonds is 4. The molecule has 0 aromatic heterocycles. The Kier molecular flexibility index (Phi) is 3.47. The fourth-order valence-corrected chi connectivity index (χ4v) is 5.65. The van der Waals surface area contributed by atoms with Gasteiger partial charge in [0.1, 0.15) is 0 Å². The summed E-state index contributed by atoms with van der Waals surface area (Å²) >= 11 is 0. The van der Waals surface area contributed by atoms with Gasteiger partial charge in [0.25, 0.3) is 0 Å². The molecular formula is C17H30O. The molecule has 0 aromatic rings. The molecule has 2 bridgehead atoms. The van der Waals surface area contributed by atoms with E-state index in [1.165, 1.54) is 57.8 Å². The van der Waals surface area contributed by atoms with Gasteiger partial charge in [-0.3, -0.25) is 0 Å². The number of fused-ring (bicyclic) bond motifs is 2. The first-order valence-electron chi connectivity index (χ1n) is 8.29. The lowest BCUT2D eigenvalue weighted by molar-refractivity contribution is -0.0450. The third-order valence-electron chi connectivity index (χ3n) is 6.24.